The molecule has 24 rings (SSSR count). The molecule has 0 aliphatic carbocycles. The molecule has 0 unspecified atom stereocenters. The molecular formula is C119H112N12O6+6. The van der Waals surface area contributed by atoms with E-state index in [9.17, 15) is 0 Å². The molecule has 0 aliphatic heterocycles. The highest BCUT2D eigenvalue weighted by atomic mass is 16.4. The lowest BCUT2D eigenvalue weighted by molar-refractivity contribution is -0.660. The fourth-order valence-corrected chi connectivity index (χ4v) is 19.5. The highest BCUT2D eigenvalue weighted by Crippen LogP contribution is 2.45. The van der Waals surface area contributed by atoms with Gasteiger partial charge in [-0.2, -0.15) is 0 Å². The monoisotopic (exact) mass is 1800 g/mol. The van der Waals surface area contributed by atoms with Crippen LogP contribution in [0.15, 0.2) is 301 Å². The Bertz CT molecular complexity index is 8930. The fraction of sp³-hybridized carbons (Fsp3) is 0.193. The number of hydrogen-bond acceptors (Lipinski definition) is 12. The Hall–Kier alpha value is -16.1. The first-order chi connectivity index (χ1) is 66.0. The summed E-state index contributed by atoms with van der Waals surface area (Å²) in [4.78, 5) is 26.2. The zero-order chi connectivity index (χ0) is 95.8. The summed E-state index contributed by atoms with van der Waals surface area (Å²) in [5.41, 5.74) is 42.1. The summed E-state index contributed by atoms with van der Waals surface area (Å²) in [6.45, 7) is 34.3. The molecule has 0 radical (unpaired) electrons. The van der Waals surface area contributed by atoms with Crippen molar-refractivity contribution in [2.75, 3.05) is 0 Å². The smallest absolute Gasteiger partial charge is 0.227 e. The van der Waals surface area contributed by atoms with Crippen molar-refractivity contribution < 1.29 is 53.9 Å². The second kappa shape index (κ2) is 36.7. The van der Waals surface area contributed by atoms with Crippen LogP contribution in [0, 0.1) is 96.9 Å². The van der Waals surface area contributed by atoms with E-state index >= 15 is 0 Å². The van der Waals surface area contributed by atoms with Gasteiger partial charge < -0.3 is 26.5 Å². The molecule has 678 valence electrons. The van der Waals surface area contributed by atoms with Crippen molar-refractivity contribution in [2.24, 2.45) is 42.3 Å². The van der Waals surface area contributed by atoms with E-state index in [0.717, 1.165) is 154 Å². The van der Waals surface area contributed by atoms with E-state index in [0.29, 0.717) is 40.2 Å². The third-order valence-electron chi connectivity index (χ3n) is 26.8. The SMILES string of the molecule is Cc1cc(-c2c(C)cc(C)c3c2oc2ncccc23)[n+](C)cc1C.Cc1cc(-c2c(C)ccc3c2oc2ncccc23)[n+](C)cc1C.Cc1ccc(-c2c(C)cc(C)c3c2oc2ncccc23)[n+](C)c1.Cc1ccc(-c2c(C)ccc3c2oc2ncccc23)[n+](C)c1.Cc1ccc2c(oc3ncccc32)c1-c1cc(C(C)C)cc[n+]1C.Cc1ccc2c(oc3ncccc32)c1-c1cccc[n+]1C. The van der Waals surface area contributed by atoms with Crippen LogP contribution in [0.5, 0.6) is 0 Å². The maximum Gasteiger partial charge on any atom is 0.227 e. The van der Waals surface area contributed by atoms with Gasteiger partial charge in [-0.05, 0) is 255 Å². The van der Waals surface area contributed by atoms with Gasteiger partial charge in [-0.15, -0.1) is 0 Å². The molecule has 18 aromatic heterocycles. The predicted molar refractivity (Wildman–Crippen MR) is 549 cm³/mol. The number of pyridine rings is 12. The van der Waals surface area contributed by atoms with Crippen LogP contribution in [0.3, 0.4) is 0 Å². The van der Waals surface area contributed by atoms with E-state index in [1.54, 1.807) is 37.2 Å². The van der Waals surface area contributed by atoms with Crippen LogP contribution < -0.4 is 27.4 Å². The molecular weight excluding hydrogens is 1690 g/mol. The van der Waals surface area contributed by atoms with Crippen molar-refractivity contribution >= 4 is 132 Å². The number of fused-ring (bicyclic) bond motifs is 18. The molecule has 0 bridgehead atoms. The predicted octanol–water partition coefficient (Wildman–Crippen LogP) is 26.3. The number of hydrogen-bond donors (Lipinski definition) is 0. The molecule has 0 N–H and O–H groups in total. The lowest BCUT2D eigenvalue weighted by atomic mass is 9.96. The Labute approximate surface area is 795 Å². The van der Waals surface area contributed by atoms with E-state index in [2.05, 4.69) is 405 Å². The van der Waals surface area contributed by atoms with Gasteiger partial charge in [0.15, 0.2) is 70.7 Å². The topological polar surface area (TPSA) is 179 Å². The minimum Gasteiger partial charge on any atom is -0.437 e. The second-order valence-electron chi connectivity index (χ2n) is 36.9. The van der Waals surface area contributed by atoms with Gasteiger partial charge in [-0.1, -0.05) is 74.5 Å². The molecule has 0 saturated carbocycles. The van der Waals surface area contributed by atoms with Crippen LogP contribution in [0.2, 0.25) is 0 Å². The fourth-order valence-electron chi connectivity index (χ4n) is 19.5. The summed E-state index contributed by atoms with van der Waals surface area (Å²) in [5, 5.41) is 13.2. The average Bonchev–Trinajstić information content (AvgIpc) is 1.56. The molecule has 18 nitrogen and oxygen atoms in total. The van der Waals surface area contributed by atoms with E-state index < -0.39 is 0 Å². The molecule has 0 aliphatic rings. The average molecular weight is 1810 g/mol. The van der Waals surface area contributed by atoms with Gasteiger partial charge in [0.05, 0.1) is 33.4 Å². The van der Waals surface area contributed by atoms with Gasteiger partial charge in [0, 0.05) is 173 Å². The highest BCUT2D eigenvalue weighted by Gasteiger charge is 2.30. The van der Waals surface area contributed by atoms with Crippen molar-refractivity contribution in [3.63, 3.8) is 0 Å². The lowest BCUT2D eigenvalue weighted by Gasteiger charge is -2.09. The van der Waals surface area contributed by atoms with Crippen LogP contribution in [0.4, 0.5) is 0 Å². The Morgan fingerprint density at radius 2 is 0.504 bits per heavy atom. The largest absolute Gasteiger partial charge is 0.437 e. The Balaban J connectivity index is 0.000000105. The number of furan rings is 6. The van der Waals surface area contributed by atoms with Crippen molar-refractivity contribution in [3.05, 3.63) is 358 Å². The molecule has 18 heteroatoms. The lowest BCUT2D eigenvalue weighted by Crippen LogP contribution is -2.31. The summed E-state index contributed by atoms with van der Waals surface area (Å²) in [5.74, 6) is 0.488. The summed E-state index contributed by atoms with van der Waals surface area (Å²) in [6, 6.07) is 69.4. The van der Waals surface area contributed by atoms with Crippen LogP contribution in [0.1, 0.15) is 103 Å². The quantitative estimate of drug-likeness (QED) is 0.138. The molecule has 0 spiro atoms. The zero-order valence-electron chi connectivity index (χ0n) is 81.9. The van der Waals surface area contributed by atoms with Crippen LogP contribution in [-0.2, 0) is 42.3 Å². The summed E-state index contributed by atoms with van der Waals surface area (Å²) < 4.78 is 49.7. The Kier molecular flexibility index (Phi) is 24.1. The van der Waals surface area contributed by atoms with Gasteiger partial charge in [0.2, 0.25) is 68.4 Å². The van der Waals surface area contributed by atoms with Crippen molar-refractivity contribution in [2.45, 2.75) is 117 Å². The number of nitrogens with zero attached hydrogens (tertiary/aromatic N) is 12. The molecule has 0 fully saturated rings. The van der Waals surface area contributed by atoms with Crippen LogP contribution in [-0.4, -0.2) is 29.9 Å². The van der Waals surface area contributed by atoms with Gasteiger partial charge in [-0.3, -0.25) is 0 Å². The van der Waals surface area contributed by atoms with E-state index in [1.807, 2.05) is 42.5 Å². The minimum absolute atomic E-state index is 0.488. The van der Waals surface area contributed by atoms with Gasteiger partial charge in [0.25, 0.3) is 0 Å². The molecule has 24 aromatic rings. The highest BCUT2D eigenvalue weighted by molar-refractivity contribution is 6.15. The van der Waals surface area contributed by atoms with E-state index in [1.165, 1.54) is 94.8 Å². The third kappa shape index (κ3) is 16.7. The standard InChI is InChI=1S/2C21H21N2O.2C20H19N2O.C19H17N2O.C18H15N2O/c1-12-10-17(23(5)11-15(12)4)19-14(3)9-13(2)18-16-7-6-8-22-21(16)24-20(18)19;1-13(2)15-9-11-23(4)18(12-15)19-14(3)7-8-16-17-6-5-10-22-21(17)24-20(16)19;1-12-7-8-15-16-6-5-9-21-20(16)23-19(15)18(12)17-10-13(2)14(3)11-22(17)4;1-12-7-8-16(22(4)11-12)18-14(3)10-13(2)17-15-6-5-9-21-20(15)23-19(17)18;1-12-6-9-16(21(3)11-12)17-13(2)7-8-14-15-5-4-10-20-19(15)22-18(14)17;1-12-8-9-13-14-6-5-10-19-18(14)21-17(13)16(12)15-7-3-4-11-20(15)2/h6-11H,1-5H3;5-13H,1-4H3;2*5-11H,1-4H3;4-11H,1-3H3;3-11H,1-2H3/q6*+1. The van der Waals surface area contributed by atoms with Gasteiger partial charge in [0.1, 0.15) is 42.3 Å². The van der Waals surface area contributed by atoms with E-state index in [4.69, 9.17) is 26.5 Å². The number of rotatable bonds is 7. The molecule has 137 heavy (non-hydrogen) atoms. The first-order valence-corrected chi connectivity index (χ1v) is 46.5. The summed E-state index contributed by atoms with van der Waals surface area (Å²) in [7, 11) is 12.5. The second-order valence-corrected chi connectivity index (χ2v) is 36.9. The number of benzene rings is 6. The first-order valence-electron chi connectivity index (χ1n) is 46.5. The molecule has 0 saturated heterocycles. The van der Waals surface area contributed by atoms with Gasteiger partial charge in [-0.25, -0.2) is 57.3 Å². The summed E-state index contributed by atoms with van der Waals surface area (Å²) in [6.07, 6.45) is 23.4. The van der Waals surface area contributed by atoms with Crippen LogP contribution in [0.25, 0.3) is 200 Å². The number of aryl methyl sites for hydroxylation is 20. The molecule has 18 heterocycles. The van der Waals surface area contributed by atoms with Crippen molar-refractivity contribution in [1.29, 1.82) is 0 Å². The van der Waals surface area contributed by atoms with Crippen LogP contribution >= 0.6 is 0 Å². The van der Waals surface area contributed by atoms with Gasteiger partial charge >= 0.3 is 0 Å². The minimum atomic E-state index is 0.488. The Morgan fingerprint density at radius 1 is 0.212 bits per heavy atom. The van der Waals surface area contributed by atoms with E-state index in [-0.39, 0.29) is 0 Å². The maximum absolute atomic E-state index is 6.20. The molecule has 0 amide bonds. The normalized spacial score (nSPS) is 11.5. The first kappa shape index (κ1) is 90.1. The molecule has 0 atom stereocenters. The maximum atomic E-state index is 6.20. The zero-order valence-corrected chi connectivity index (χ0v) is 81.9. The summed E-state index contributed by atoms with van der Waals surface area (Å²) >= 11 is 0. The third-order valence-corrected chi connectivity index (χ3v) is 26.8. The molecule has 6 aromatic carbocycles. The Morgan fingerprint density at radius 3 is 0.847 bits per heavy atom. The number of aromatic nitrogens is 12. The van der Waals surface area contributed by atoms with Crippen molar-refractivity contribution in [1.82, 2.24) is 29.9 Å². The van der Waals surface area contributed by atoms with Crippen molar-refractivity contribution in [3.8, 4) is 67.5 Å².